The van der Waals surface area contributed by atoms with E-state index in [4.69, 9.17) is 0 Å². The summed E-state index contributed by atoms with van der Waals surface area (Å²) in [4.78, 5) is 15.0. The van der Waals surface area contributed by atoms with Crippen molar-refractivity contribution in [3.8, 4) is 5.69 Å². The van der Waals surface area contributed by atoms with E-state index < -0.39 is 0 Å². The van der Waals surface area contributed by atoms with E-state index >= 15 is 0 Å². The van der Waals surface area contributed by atoms with Crippen molar-refractivity contribution in [2.45, 2.75) is 6.92 Å². The lowest BCUT2D eigenvalue weighted by Gasteiger charge is -2.18. The summed E-state index contributed by atoms with van der Waals surface area (Å²) < 4.78 is 2.04. The molecule has 0 aliphatic carbocycles. The van der Waals surface area contributed by atoms with E-state index in [1.165, 1.54) is 0 Å². The van der Waals surface area contributed by atoms with Crippen LogP contribution in [0.15, 0.2) is 79.4 Å². The molecule has 4 rings (SSSR count). The van der Waals surface area contributed by atoms with Crippen molar-refractivity contribution >= 4 is 23.0 Å². The Morgan fingerprint density at radius 1 is 0.926 bits per heavy atom. The normalized spacial score (nSPS) is 10.6. The van der Waals surface area contributed by atoms with Crippen molar-refractivity contribution in [3.05, 3.63) is 85.2 Å². The minimum atomic E-state index is 0.745. The molecule has 2 aromatic heterocycles. The van der Waals surface area contributed by atoms with E-state index in [0.717, 1.165) is 34.5 Å². The Bertz CT molecular complexity index is 1020. The molecule has 0 bridgehead atoms. The molecule has 0 saturated carbocycles. The average Bonchev–Trinajstić information content (AvgIpc) is 3.15. The molecular formula is C21H20N6. The molecule has 0 radical (unpaired) electrons. The van der Waals surface area contributed by atoms with Crippen LogP contribution in [0.3, 0.4) is 0 Å². The molecule has 0 aliphatic heterocycles. The largest absolute Gasteiger partial charge is 0.340 e. The average molecular weight is 356 g/mol. The third kappa shape index (κ3) is 3.64. The second-order valence-corrected chi connectivity index (χ2v) is 6.17. The van der Waals surface area contributed by atoms with E-state index in [1.54, 1.807) is 12.5 Å². The van der Waals surface area contributed by atoms with Crippen LogP contribution < -0.4 is 10.2 Å². The van der Waals surface area contributed by atoms with Crippen LogP contribution in [-0.4, -0.2) is 26.6 Å². The number of hydrogen-bond donors (Lipinski definition) is 1. The number of hydrogen-bond acceptors (Lipinski definition) is 5. The zero-order valence-corrected chi connectivity index (χ0v) is 15.2. The van der Waals surface area contributed by atoms with Crippen molar-refractivity contribution in [2.75, 3.05) is 17.3 Å². The van der Waals surface area contributed by atoms with Crippen LogP contribution in [0.5, 0.6) is 0 Å². The molecule has 0 amide bonds. The van der Waals surface area contributed by atoms with Gasteiger partial charge in [0.25, 0.3) is 0 Å². The van der Waals surface area contributed by atoms with Gasteiger partial charge in [0.2, 0.25) is 0 Å². The Hall–Kier alpha value is -3.67. The topological polar surface area (TPSA) is 58.9 Å². The number of aryl methyl sites for hydroxylation is 1. The monoisotopic (exact) mass is 356 g/mol. The van der Waals surface area contributed by atoms with E-state index in [-0.39, 0.29) is 0 Å². The zero-order chi connectivity index (χ0) is 18.6. The number of aromatic nitrogens is 4. The van der Waals surface area contributed by atoms with Crippen LogP contribution in [0, 0.1) is 6.92 Å². The van der Waals surface area contributed by atoms with Gasteiger partial charge in [0, 0.05) is 42.6 Å². The van der Waals surface area contributed by atoms with Crippen molar-refractivity contribution < 1.29 is 0 Å². The summed E-state index contributed by atoms with van der Waals surface area (Å²) in [7, 11) is 1.99. The van der Waals surface area contributed by atoms with Crippen LogP contribution in [0.4, 0.5) is 23.0 Å². The molecule has 0 atom stereocenters. The molecule has 0 aliphatic rings. The highest BCUT2D eigenvalue weighted by Crippen LogP contribution is 2.24. The molecule has 1 N–H and O–H groups in total. The molecule has 0 unspecified atom stereocenters. The first kappa shape index (κ1) is 16.8. The van der Waals surface area contributed by atoms with Gasteiger partial charge in [-0.1, -0.05) is 18.2 Å². The fourth-order valence-corrected chi connectivity index (χ4v) is 2.89. The summed E-state index contributed by atoms with van der Waals surface area (Å²) in [6.45, 7) is 1.98. The molecule has 6 heteroatoms. The van der Waals surface area contributed by atoms with Crippen LogP contribution in [0.1, 0.15) is 5.82 Å². The summed E-state index contributed by atoms with van der Waals surface area (Å²) in [5.74, 6) is 2.53. The smallest absolute Gasteiger partial charge is 0.138 e. The van der Waals surface area contributed by atoms with Crippen LogP contribution in [0.2, 0.25) is 0 Å². The Morgan fingerprint density at radius 3 is 2.41 bits per heavy atom. The number of benzene rings is 2. The Labute approximate surface area is 158 Å². The summed E-state index contributed by atoms with van der Waals surface area (Å²) in [6.07, 6.45) is 5.32. The quantitative estimate of drug-likeness (QED) is 0.571. The summed E-state index contributed by atoms with van der Waals surface area (Å²) >= 11 is 0. The molecule has 0 fully saturated rings. The molecule has 27 heavy (non-hydrogen) atoms. The second-order valence-electron chi connectivity index (χ2n) is 6.17. The minimum absolute atomic E-state index is 0.745. The van der Waals surface area contributed by atoms with Gasteiger partial charge in [0.15, 0.2) is 0 Å². The van der Waals surface area contributed by atoms with E-state index in [0.29, 0.717) is 0 Å². The first-order chi connectivity index (χ1) is 13.2. The Kier molecular flexibility index (Phi) is 4.53. The van der Waals surface area contributed by atoms with Gasteiger partial charge in [0.05, 0.1) is 0 Å². The number of rotatable bonds is 5. The zero-order valence-electron chi connectivity index (χ0n) is 15.2. The predicted octanol–water partition coefficient (Wildman–Crippen LogP) is 4.48. The lowest BCUT2D eigenvalue weighted by atomic mass is 10.2. The van der Waals surface area contributed by atoms with Gasteiger partial charge in [0.1, 0.15) is 23.8 Å². The maximum atomic E-state index is 4.38. The standard InChI is InChI=1S/C21H20N6/c1-16-22-12-13-27(16)19-10-8-17(9-11-19)25-20-14-21(24-15-23-20)26(2)18-6-4-3-5-7-18/h3-15H,1-2H3,(H,23,24,25). The van der Waals surface area contributed by atoms with Gasteiger partial charge in [-0.25, -0.2) is 15.0 Å². The predicted molar refractivity (Wildman–Crippen MR) is 108 cm³/mol. The number of imidazole rings is 1. The molecule has 0 spiro atoms. The molecule has 6 nitrogen and oxygen atoms in total. The molecular weight excluding hydrogens is 336 g/mol. The van der Waals surface area contributed by atoms with E-state index in [9.17, 15) is 0 Å². The SMILES string of the molecule is Cc1nccn1-c1ccc(Nc2cc(N(C)c3ccccc3)ncn2)cc1. The van der Waals surface area contributed by atoms with Gasteiger partial charge >= 0.3 is 0 Å². The van der Waals surface area contributed by atoms with Gasteiger partial charge in [-0.2, -0.15) is 0 Å². The third-order valence-electron chi connectivity index (χ3n) is 4.38. The highest BCUT2D eigenvalue weighted by Gasteiger charge is 2.07. The van der Waals surface area contributed by atoms with Crippen LogP contribution >= 0.6 is 0 Å². The first-order valence-electron chi connectivity index (χ1n) is 8.69. The molecule has 0 saturated heterocycles. The van der Waals surface area contributed by atoms with Gasteiger partial charge in [-0.15, -0.1) is 0 Å². The van der Waals surface area contributed by atoms with E-state index in [2.05, 4.69) is 32.4 Å². The second kappa shape index (κ2) is 7.29. The molecule has 2 heterocycles. The van der Waals surface area contributed by atoms with E-state index in [1.807, 2.05) is 78.2 Å². The van der Waals surface area contributed by atoms with Gasteiger partial charge in [-0.05, 0) is 43.3 Å². The maximum Gasteiger partial charge on any atom is 0.138 e. The van der Waals surface area contributed by atoms with Crippen molar-refractivity contribution in [1.29, 1.82) is 0 Å². The fourth-order valence-electron chi connectivity index (χ4n) is 2.89. The summed E-state index contributed by atoms with van der Waals surface area (Å²) in [6, 6.07) is 20.2. The van der Waals surface area contributed by atoms with Crippen molar-refractivity contribution in [2.24, 2.45) is 0 Å². The Morgan fingerprint density at radius 2 is 1.70 bits per heavy atom. The Balaban J connectivity index is 1.52. The van der Waals surface area contributed by atoms with Crippen molar-refractivity contribution in [1.82, 2.24) is 19.5 Å². The number of para-hydroxylation sites is 1. The number of anilines is 4. The lowest BCUT2D eigenvalue weighted by Crippen LogP contribution is -2.11. The lowest BCUT2D eigenvalue weighted by molar-refractivity contribution is 0.975. The molecule has 134 valence electrons. The van der Waals surface area contributed by atoms with Gasteiger partial charge in [-0.3, -0.25) is 0 Å². The van der Waals surface area contributed by atoms with Crippen LogP contribution in [-0.2, 0) is 0 Å². The summed E-state index contributed by atoms with van der Waals surface area (Å²) in [5.41, 5.74) is 3.11. The molecule has 4 aromatic rings. The number of nitrogens with one attached hydrogen (secondary N) is 1. The minimum Gasteiger partial charge on any atom is -0.340 e. The first-order valence-corrected chi connectivity index (χ1v) is 8.69. The summed E-state index contributed by atoms with van der Waals surface area (Å²) in [5, 5.41) is 3.34. The van der Waals surface area contributed by atoms with Gasteiger partial charge < -0.3 is 14.8 Å². The highest BCUT2D eigenvalue weighted by molar-refractivity contribution is 5.64. The van der Waals surface area contributed by atoms with Crippen molar-refractivity contribution in [3.63, 3.8) is 0 Å². The fraction of sp³-hybridized carbons (Fsp3) is 0.0952. The number of nitrogens with zero attached hydrogens (tertiary/aromatic N) is 5. The maximum absolute atomic E-state index is 4.38. The van der Waals surface area contributed by atoms with Crippen LogP contribution in [0.25, 0.3) is 5.69 Å². The highest BCUT2D eigenvalue weighted by atomic mass is 15.2. The molecule has 2 aromatic carbocycles. The third-order valence-corrected chi connectivity index (χ3v) is 4.38.